The minimum Gasteiger partial charge on any atom is -0.379 e. The summed E-state index contributed by atoms with van der Waals surface area (Å²) in [5, 5.41) is 0. The van der Waals surface area contributed by atoms with Gasteiger partial charge in [-0.2, -0.15) is 0 Å². The molecule has 25 heavy (non-hydrogen) atoms. The van der Waals surface area contributed by atoms with Gasteiger partial charge in [0, 0.05) is 19.6 Å². The first kappa shape index (κ1) is 16.3. The zero-order valence-corrected chi connectivity index (χ0v) is 15.0. The van der Waals surface area contributed by atoms with Gasteiger partial charge in [-0.05, 0) is 37.1 Å². The molecule has 3 aromatic rings. The number of fused-ring (bicyclic) bond motifs is 1. The van der Waals surface area contributed by atoms with Gasteiger partial charge >= 0.3 is 0 Å². The number of benzene rings is 2. The second-order valence-corrected chi connectivity index (χ2v) is 6.92. The van der Waals surface area contributed by atoms with E-state index in [1.165, 1.54) is 22.2 Å². The molecule has 4 nitrogen and oxygen atoms in total. The summed E-state index contributed by atoms with van der Waals surface area (Å²) in [6.45, 7) is 9.68. The molecule has 1 aromatic heterocycles. The number of ether oxygens (including phenoxy) is 1. The molecule has 1 aliphatic heterocycles. The number of para-hydroxylation sites is 2. The van der Waals surface area contributed by atoms with E-state index in [4.69, 9.17) is 9.72 Å². The highest BCUT2D eigenvalue weighted by Gasteiger charge is 2.17. The van der Waals surface area contributed by atoms with Gasteiger partial charge < -0.3 is 9.30 Å². The van der Waals surface area contributed by atoms with E-state index in [0.29, 0.717) is 0 Å². The van der Waals surface area contributed by atoms with Crippen LogP contribution in [0.25, 0.3) is 11.0 Å². The lowest BCUT2D eigenvalue weighted by Crippen LogP contribution is -2.36. The molecule has 2 heterocycles. The Labute approximate surface area is 149 Å². The highest BCUT2D eigenvalue weighted by atomic mass is 16.5. The fourth-order valence-corrected chi connectivity index (χ4v) is 3.52. The Bertz CT molecular complexity index is 878. The highest BCUT2D eigenvalue weighted by molar-refractivity contribution is 5.76. The van der Waals surface area contributed by atoms with Gasteiger partial charge in [-0.15, -0.1) is 0 Å². The average molecular weight is 335 g/mol. The average Bonchev–Trinajstić information content (AvgIpc) is 2.96. The zero-order valence-electron chi connectivity index (χ0n) is 15.0. The Morgan fingerprint density at radius 1 is 1.00 bits per heavy atom. The SMILES string of the molecule is Cc1ccc(C)c(Cn2c(CN3CCOCC3)nc3ccccc32)c1. The first-order valence-corrected chi connectivity index (χ1v) is 9.01. The van der Waals surface area contributed by atoms with Gasteiger partial charge in [0.1, 0.15) is 5.82 Å². The zero-order chi connectivity index (χ0) is 17.2. The van der Waals surface area contributed by atoms with Gasteiger partial charge in [0.15, 0.2) is 0 Å². The van der Waals surface area contributed by atoms with Crippen molar-refractivity contribution in [3.63, 3.8) is 0 Å². The van der Waals surface area contributed by atoms with Gasteiger partial charge in [0.25, 0.3) is 0 Å². The van der Waals surface area contributed by atoms with E-state index in [2.05, 4.69) is 65.8 Å². The molecule has 1 saturated heterocycles. The predicted octanol–water partition coefficient (Wildman–Crippen LogP) is 3.53. The summed E-state index contributed by atoms with van der Waals surface area (Å²) >= 11 is 0. The number of aryl methyl sites for hydroxylation is 2. The third kappa shape index (κ3) is 3.46. The van der Waals surface area contributed by atoms with Crippen molar-refractivity contribution in [2.75, 3.05) is 26.3 Å². The van der Waals surface area contributed by atoms with Crippen LogP contribution in [0.2, 0.25) is 0 Å². The molecule has 0 radical (unpaired) electrons. The van der Waals surface area contributed by atoms with Crippen molar-refractivity contribution >= 4 is 11.0 Å². The Morgan fingerprint density at radius 3 is 2.64 bits per heavy atom. The molecule has 0 atom stereocenters. The largest absolute Gasteiger partial charge is 0.379 e. The van der Waals surface area contributed by atoms with E-state index < -0.39 is 0 Å². The van der Waals surface area contributed by atoms with E-state index in [-0.39, 0.29) is 0 Å². The molecular weight excluding hydrogens is 310 g/mol. The van der Waals surface area contributed by atoms with Gasteiger partial charge in [0.05, 0.1) is 30.8 Å². The number of morpholine rings is 1. The van der Waals surface area contributed by atoms with Crippen LogP contribution in [0.3, 0.4) is 0 Å². The lowest BCUT2D eigenvalue weighted by molar-refractivity contribution is 0.0327. The van der Waals surface area contributed by atoms with Crippen LogP contribution in [0, 0.1) is 13.8 Å². The lowest BCUT2D eigenvalue weighted by Gasteiger charge is -2.26. The van der Waals surface area contributed by atoms with E-state index in [1.807, 2.05) is 0 Å². The molecule has 0 bridgehead atoms. The molecule has 0 saturated carbocycles. The van der Waals surface area contributed by atoms with E-state index in [1.54, 1.807) is 0 Å². The number of rotatable bonds is 4. The molecule has 130 valence electrons. The maximum atomic E-state index is 5.48. The lowest BCUT2D eigenvalue weighted by atomic mass is 10.1. The van der Waals surface area contributed by atoms with E-state index >= 15 is 0 Å². The predicted molar refractivity (Wildman–Crippen MR) is 101 cm³/mol. The van der Waals surface area contributed by atoms with Crippen LogP contribution in [0.5, 0.6) is 0 Å². The topological polar surface area (TPSA) is 30.3 Å². The van der Waals surface area contributed by atoms with Crippen LogP contribution < -0.4 is 0 Å². The Kier molecular flexibility index (Phi) is 4.55. The van der Waals surface area contributed by atoms with Gasteiger partial charge in [0.2, 0.25) is 0 Å². The minimum atomic E-state index is 0.817. The molecule has 0 amide bonds. The molecule has 1 fully saturated rings. The van der Waals surface area contributed by atoms with Crippen molar-refractivity contribution < 1.29 is 4.74 Å². The molecule has 4 rings (SSSR count). The smallest absolute Gasteiger partial charge is 0.124 e. The maximum absolute atomic E-state index is 5.48. The van der Waals surface area contributed by atoms with Crippen molar-refractivity contribution in [1.82, 2.24) is 14.5 Å². The fraction of sp³-hybridized carbons (Fsp3) is 0.381. The second kappa shape index (κ2) is 6.98. The first-order valence-electron chi connectivity index (χ1n) is 9.01. The number of aromatic nitrogens is 2. The van der Waals surface area contributed by atoms with Crippen LogP contribution >= 0.6 is 0 Å². The molecule has 0 N–H and O–H groups in total. The standard InChI is InChI=1S/C21H25N3O/c1-16-7-8-17(2)18(13-16)14-24-20-6-4-3-5-19(20)22-21(24)15-23-9-11-25-12-10-23/h3-8,13H,9-12,14-15H2,1-2H3. The summed E-state index contributed by atoms with van der Waals surface area (Å²) in [6.07, 6.45) is 0. The van der Waals surface area contributed by atoms with Crippen LogP contribution in [-0.2, 0) is 17.8 Å². The van der Waals surface area contributed by atoms with Crippen molar-refractivity contribution in [2.45, 2.75) is 26.9 Å². The Morgan fingerprint density at radius 2 is 1.80 bits per heavy atom. The summed E-state index contributed by atoms with van der Waals surface area (Å²) in [6, 6.07) is 15.1. The van der Waals surface area contributed by atoms with Crippen LogP contribution in [0.15, 0.2) is 42.5 Å². The van der Waals surface area contributed by atoms with E-state index in [9.17, 15) is 0 Å². The number of hydrogen-bond acceptors (Lipinski definition) is 3. The van der Waals surface area contributed by atoms with Gasteiger partial charge in [-0.25, -0.2) is 4.98 Å². The quantitative estimate of drug-likeness (QED) is 0.731. The van der Waals surface area contributed by atoms with Crippen LogP contribution in [0.1, 0.15) is 22.5 Å². The van der Waals surface area contributed by atoms with E-state index in [0.717, 1.165) is 50.7 Å². The molecule has 4 heteroatoms. The van der Waals surface area contributed by atoms with Crippen molar-refractivity contribution in [3.05, 3.63) is 65.0 Å². The van der Waals surface area contributed by atoms with Crippen LogP contribution in [0.4, 0.5) is 0 Å². The number of imidazole rings is 1. The molecule has 2 aromatic carbocycles. The minimum absolute atomic E-state index is 0.817. The summed E-state index contributed by atoms with van der Waals surface area (Å²) in [5.74, 6) is 1.14. The van der Waals surface area contributed by atoms with Crippen molar-refractivity contribution in [1.29, 1.82) is 0 Å². The molecule has 1 aliphatic rings. The summed E-state index contributed by atoms with van der Waals surface area (Å²) in [4.78, 5) is 7.37. The highest BCUT2D eigenvalue weighted by Crippen LogP contribution is 2.21. The fourth-order valence-electron chi connectivity index (χ4n) is 3.52. The normalized spacial score (nSPS) is 15.8. The van der Waals surface area contributed by atoms with Gasteiger partial charge in [-0.3, -0.25) is 4.90 Å². The molecule has 0 aliphatic carbocycles. The summed E-state index contributed by atoms with van der Waals surface area (Å²) in [5.41, 5.74) is 6.30. The Hall–Kier alpha value is -2.17. The summed E-state index contributed by atoms with van der Waals surface area (Å²) in [7, 11) is 0. The maximum Gasteiger partial charge on any atom is 0.124 e. The number of hydrogen-bond donors (Lipinski definition) is 0. The monoisotopic (exact) mass is 335 g/mol. The summed E-state index contributed by atoms with van der Waals surface area (Å²) < 4.78 is 7.86. The molecule has 0 unspecified atom stereocenters. The molecular formula is C21H25N3O. The Balaban J connectivity index is 1.72. The third-order valence-corrected chi connectivity index (χ3v) is 5.04. The second-order valence-electron chi connectivity index (χ2n) is 6.92. The molecule has 0 spiro atoms. The number of nitrogens with zero attached hydrogens (tertiary/aromatic N) is 3. The first-order chi connectivity index (χ1) is 12.2. The van der Waals surface area contributed by atoms with Gasteiger partial charge in [-0.1, -0.05) is 35.9 Å². The van der Waals surface area contributed by atoms with Crippen molar-refractivity contribution in [2.24, 2.45) is 0 Å². The third-order valence-electron chi connectivity index (χ3n) is 5.04. The van der Waals surface area contributed by atoms with Crippen molar-refractivity contribution in [3.8, 4) is 0 Å². The van der Waals surface area contributed by atoms with Crippen LogP contribution in [-0.4, -0.2) is 40.8 Å².